The number of fused-ring (bicyclic) bond motifs is 1. The number of rotatable bonds is 8. The van der Waals surface area contributed by atoms with E-state index < -0.39 is 5.97 Å². The fourth-order valence-corrected chi connectivity index (χ4v) is 3.58. The number of amides is 1. The number of carbonyl (C=O) groups excluding carboxylic acids is 2. The predicted molar refractivity (Wildman–Crippen MR) is 111 cm³/mol. The molecule has 3 rings (SSSR count). The van der Waals surface area contributed by atoms with E-state index in [0.717, 1.165) is 15.8 Å². The van der Waals surface area contributed by atoms with Gasteiger partial charge in [-0.2, -0.15) is 0 Å². The molecule has 0 N–H and O–H groups in total. The number of thiazole rings is 1. The Hall–Kier alpha value is -3.13. The summed E-state index contributed by atoms with van der Waals surface area (Å²) in [5, 5.41) is 0. The van der Waals surface area contributed by atoms with Gasteiger partial charge in [0.25, 0.3) is 5.91 Å². The van der Waals surface area contributed by atoms with Gasteiger partial charge in [-0.1, -0.05) is 6.07 Å². The highest BCUT2D eigenvalue weighted by Gasteiger charge is 2.17. The van der Waals surface area contributed by atoms with Crippen molar-refractivity contribution in [1.82, 2.24) is 9.88 Å². The monoisotopic (exact) mass is 414 g/mol. The first kappa shape index (κ1) is 20.6. The highest BCUT2D eigenvalue weighted by molar-refractivity contribution is 7.16. The third-order valence-electron chi connectivity index (χ3n) is 4.45. The molecule has 0 atom stereocenters. The summed E-state index contributed by atoms with van der Waals surface area (Å²) in [6.45, 7) is 2.41. The third-order valence-corrected chi connectivity index (χ3v) is 5.24. The van der Waals surface area contributed by atoms with Crippen molar-refractivity contribution < 1.29 is 23.8 Å². The van der Waals surface area contributed by atoms with Gasteiger partial charge < -0.3 is 19.1 Å². The molecule has 0 spiro atoms. The van der Waals surface area contributed by atoms with E-state index in [1.165, 1.54) is 11.3 Å². The number of carbonyl (C=O) groups is 2. The van der Waals surface area contributed by atoms with Crippen LogP contribution in [0.4, 0.5) is 0 Å². The van der Waals surface area contributed by atoms with Gasteiger partial charge in [0.2, 0.25) is 0 Å². The number of nitrogens with zero attached hydrogens (tertiary/aromatic N) is 2. The summed E-state index contributed by atoms with van der Waals surface area (Å²) in [6, 6.07) is 10.6. The number of methoxy groups -OCH3 is 2. The van der Waals surface area contributed by atoms with Crippen LogP contribution in [-0.4, -0.2) is 49.1 Å². The molecule has 7 nitrogen and oxygen atoms in total. The van der Waals surface area contributed by atoms with Crippen LogP contribution in [0.3, 0.4) is 0 Å². The highest BCUT2D eigenvalue weighted by atomic mass is 32.1. The van der Waals surface area contributed by atoms with Gasteiger partial charge >= 0.3 is 5.97 Å². The SMILES string of the molecule is CCN(Cc1ccc(OC)c(OC)c1)C(=O)COC(=O)c1ccc2ncsc2c1. The van der Waals surface area contributed by atoms with Gasteiger partial charge in [-0.25, -0.2) is 9.78 Å². The second-order valence-corrected chi connectivity index (χ2v) is 7.09. The zero-order chi connectivity index (χ0) is 20.8. The Morgan fingerprint density at radius 2 is 1.86 bits per heavy atom. The van der Waals surface area contributed by atoms with Crippen molar-refractivity contribution in [2.45, 2.75) is 13.5 Å². The molecule has 1 amide bonds. The quantitative estimate of drug-likeness (QED) is 0.525. The van der Waals surface area contributed by atoms with Gasteiger partial charge in [0.1, 0.15) is 0 Å². The zero-order valence-corrected chi connectivity index (χ0v) is 17.3. The Bertz CT molecular complexity index is 1020. The summed E-state index contributed by atoms with van der Waals surface area (Å²) in [4.78, 5) is 30.6. The molecule has 0 bridgehead atoms. The van der Waals surface area contributed by atoms with Crippen molar-refractivity contribution in [3.8, 4) is 11.5 Å². The second-order valence-electron chi connectivity index (χ2n) is 6.21. The molecule has 0 unspecified atom stereocenters. The fourth-order valence-electron chi connectivity index (χ4n) is 2.86. The number of esters is 1. The molecule has 0 saturated heterocycles. The third kappa shape index (κ3) is 4.83. The Morgan fingerprint density at radius 1 is 1.07 bits per heavy atom. The summed E-state index contributed by atoms with van der Waals surface area (Å²) < 4.78 is 16.7. The predicted octanol–water partition coefficient (Wildman–Crippen LogP) is 3.52. The first-order chi connectivity index (χ1) is 14.0. The molecule has 0 aliphatic heterocycles. The standard InChI is InChI=1S/C21H22N2O5S/c1-4-23(11-14-5-8-17(26-2)18(9-14)27-3)20(24)12-28-21(25)15-6-7-16-19(10-15)29-13-22-16/h5-10,13H,4,11-12H2,1-3H3. The molecule has 0 aliphatic carbocycles. The van der Waals surface area contributed by atoms with Crippen LogP contribution < -0.4 is 9.47 Å². The van der Waals surface area contributed by atoms with Gasteiger partial charge in [0.15, 0.2) is 18.1 Å². The minimum absolute atomic E-state index is 0.269. The van der Waals surface area contributed by atoms with Crippen molar-refractivity contribution in [2.24, 2.45) is 0 Å². The van der Waals surface area contributed by atoms with E-state index >= 15 is 0 Å². The number of hydrogen-bond acceptors (Lipinski definition) is 7. The van der Waals surface area contributed by atoms with Gasteiger partial charge in [-0.05, 0) is 42.8 Å². The second kappa shape index (κ2) is 9.38. The topological polar surface area (TPSA) is 78.0 Å². The number of hydrogen-bond donors (Lipinski definition) is 0. The van der Waals surface area contributed by atoms with Crippen LogP contribution in [0, 0.1) is 0 Å². The maximum atomic E-state index is 12.5. The van der Waals surface area contributed by atoms with E-state index in [1.54, 1.807) is 48.9 Å². The van der Waals surface area contributed by atoms with Crippen LogP contribution in [0.1, 0.15) is 22.8 Å². The summed E-state index contributed by atoms with van der Waals surface area (Å²) in [7, 11) is 3.13. The molecular weight excluding hydrogens is 392 g/mol. The highest BCUT2D eigenvalue weighted by Crippen LogP contribution is 2.28. The molecule has 3 aromatic rings. The van der Waals surface area contributed by atoms with E-state index in [0.29, 0.717) is 30.2 Å². The number of benzene rings is 2. The molecule has 0 aliphatic rings. The molecule has 152 valence electrons. The average molecular weight is 414 g/mol. The van der Waals surface area contributed by atoms with Crippen molar-refractivity contribution in [1.29, 1.82) is 0 Å². The lowest BCUT2D eigenvalue weighted by Gasteiger charge is -2.21. The molecule has 0 fully saturated rings. The van der Waals surface area contributed by atoms with E-state index in [2.05, 4.69) is 4.98 Å². The van der Waals surface area contributed by atoms with Crippen molar-refractivity contribution >= 4 is 33.4 Å². The average Bonchev–Trinajstić information content (AvgIpc) is 3.23. The molecule has 0 saturated carbocycles. The Morgan fingerprint density at radius 3 is 2.59 bits per heavy atom. The van der Waals surface area contributed by atoms with E-state index in [9.17, 15) is 9.59 Å². The van der Waals surface area contributed by atoms with Crippen molar-refractivity contribution in [3.05, 3.63) is 53.0 Å². The Labute approximate surface area is 172 Å². The van der Waals surface area contributed by atoms with E-state index in [1.807, 2.05) is 19.1 Å². The van der Waals surface area contributed by atoms with Crippen molar-refractivity contribution in [2.75, 3.05) is 27.4 Å². The Balaban J connectivity index is 1.61. The molecule has 1 aromatic heterocycles. The van der Waals surface area contributed by atoms with Gasteiger partial charge in [0.05, 0.1) is 35.5 Å². The normalized spacial score (nSPS) is 10.6. The molecule has 29 heavy (non-hydrogen) atoms. The van der Waals surface area contributed by atoms with Crippen LogP contribution in [0.2, 0.25) is 0 Å². The number of aromatic nitrogens is 1. The largest absolute Gasteiger partial charge is 0.493 e. The number of ether oxygens (including phenoxy) is 3. The lowest BCUT2D eigenvalue weighted by Crippen LogP contribution is -2.34. The lowest BCUT2D eigenvalue weighted by atomic mass is 10.2. The first-order valence-corrected chi connectivity index (χ1v) is 9.92. The van der Waals surface area contributed by atoms with Gasteiger partial charge in [-0.3, -0.25) is 4.79 Å². The smallest absolute Gasteiger partial charge is 0.338 e. The molecule has 1 heterocycles. The summed E-state index contributed by atoms with van der Waals surface area (Å²) in [5.41, 5.74) is 3.84. The Kier molecular flexibility index (Phi) is 6.66. The minimum Gasteiger partial charge on any atom is -0.493 e. The van der Waals surface area contributed by atoms with Crippen LogP contribution >= 0.6 is 11.3 Å². The van der Waals surface area contributed by atoms with Crippen LogP contribution in [0.5, 0.6) is 11.5 Å². The van der Waals surface area contributed by atoms with Crippen LogP contribution in [0.15, 0.2) is 41.9 Å². The minimum atomic E-state index is -0.532. The zero-order valence-electron chi connectivity index (χ0n) is 16.5. The maximum Gasteiger partial charge on any atom is 0.338 e. The summed E-state index contributed by atoms with van der Waals surface area (Å²) >= 11 is 1.45. The molecule has 2 aromatic carbocycles. The maximum absolute atomic E-state index is 12.5. The molecule has 8 heteroatoms. The molecular formula is C21H22N2O5S. The number of likely N-dealkylation sites (N-methyl/N-ethyl adjacent to an activating group) is 1. The van der Waals surface area contributed by atoms with E-state index in [4.69, 9.17) is 14.2 Å². The van der Waals surface area contributed by atoms with Gasteiger partial charge in [0, 0.05) is 13.1 Å². The fraction of sp³-hybridized carbons (Fsp3) is 0.286. The lowest BCUT2D eigenvalue weighted by molar-refractivity contribution is -0.134. The summed E-state index contributed by atoms with van der Waals surface area (Å²) in [5.74, 6) is 0.418. The molecule has 0 radical (unpaired) electrons. The first-order valence-electron chi connectivity index (χ1n) is 9.04. The van der Waals surface area contributed by atoms with Crippen molar-refractivity contribution in [3.63, 3.8) is 0 Å². The summed E-state index contributed by atoms with van der Waals surface area (Å²) in [6.07, 6.45) is 0. The van der Waals surface area contributed by atoms with E-state index in [-0.39, 0.29) is 12.5 Å². The van der Waals surface area contributed by atoms with Gasteiger partial charge in [-0.15, -0.1) is 11.3 Å². The van der Waals surface area contributed by atoms with Crippen LogP contribution in [0.25, 0.3) is 10.2 Å². The van der Waals surface area contributed by atoms with Crippen LogP contribution in [-0.2, 0) is 16.1 Å².